The van der Waals surface area contributed by atoms with Crippen molar-refractivity contribution in [1.82, 2.24) is 10.2 Å². The first-order valence-electron chi connectivity index (χ1n) is 15.3. The average Bonchev–Trinajstić information content (AvgIpc) is 3.03. The molecule has 0 aliphatic heterocycles. The SMILES string of the molecule is CCCCNC(=O)[C@@H](Cc1ccccc1)N(Cc1c(Cl)cccc1Cl)C(=O)CN(c1ccc(Cl)cc1C)S(=O)(=O)c1ccc(C)cc1. The fourth-order valence-corrected chi connectivity index (χ4v) is 7.39. The predicted molar refractivity (Wildman–Crippen MR) is 191 cm³/mol. The van der Waals surface area contributed by atoms with Crippen LogP contribution in [0.3, 0.4) is 0 Å². The molecule has 47 heavy (non-hydrogen) atoms. The van der Waals surface area contributed by atoms with Crippen LogP contribution in [0.15, 0.2) is 95.9 Å². The molecule has 4 aromatic carbocycles. The molecule has 0 saturated carbocycles. The number of carbonyl (C=O) groups excluding carboxylic acids is 2. The van der Waals surface area contributed by atoms with Crippen LogP contribution in [0.4, 0.5) is 5.69 Å². The van der Waals surface area contributed by atoms with Crippen molar-refractivity contribution in [2.75, 3.05) is 17.4 Å². The third-order valence-corrected chi connectivity index (χ3v) is 10.5. The molecule has 0 aromatic heterocycles. The Labute approximate surface area is 292 Å². The van der Waals surface area contributed by atoms with Crippen LogP contribution < -0.4 is 9.62 Å². The van der Waals surface area contributed by atoms with Crippen molar-refractivity contribution in [3.63, 3.8) is 0 Å². The van der Waals surface area contributed by atoms with Crippen molar-refractivity contribution >= 4 is 62.3 Å². The summed E-state index contributed by atoms with van der Waals surface area (Å²) in [5.41, 5.74) is 2.99. The van der Waals surface area contributed by atoms with E-state index in [0.29, 0.717) is 32.7 Å². The minimum atomic E-state index is -4.26. The highest BCUT2D eigenvalue weighted by atomic mass is 35.5. The molecule has 1 N–H and O–H groups in total. The lowest BCUT2D eigenvalue weighted by Crippen LogP contribution is -2.53. The van der Waals surface area contributed by atoms with Crippen LogP contribution in [-0.2, 0) is 32.6 Å². The minimum Gasteiger partial charge on any atom is -0.354 e. The van der Waals surface area contributed by atoms with E-state index < -0.39 is 28.5 Å². The normalized spacial score (nSPS) is 12.0. The number of anilines is 1. The lowest BCUT2D eigenvalue weighted by atomic mass is 10.0. The number of carbonyl (C=O) groups is 2. The molecule has 4 aromatic rings. The van der Waals surface area contributed by atoms with E-state index in [1.165, 1.54) is 17.0 Å². The Balaban J connectivity index is 1.85. The Kier molecular flexibility index (Phi) is 12.7. The van der Waals surface area contributed by atoms with E-state index in [9.17, 15) is 18.0 Å². The van der Waals surface area contributed by atoms with Gasteiger partial charge in [-0.25, -0.2) is 8.42 Å². The number of nitrogens with one attached hydrogen (secondary N) is 1. The molecule has 0 spiro atoms. The van der Waals surface area contributed by atoms with E-state index in [1.54, 1.807) is 55.5 Å². The highest BCUT2D eigenvalue weighted by Crippen LogP contribution is 2.31. The maximum absolute atomic E-state index is 14.7. The monoisotopic (exact) mass is 713 g/mol. The number of amides is 2. The topological polar surface area (TPSA) is 86.8 Å². The number of unbranched alkanes of at least 4 members (excludes halogenated alkanes) is 1. The summed E-state index contributed by atoms with van der Waals surface area (Å²) in [5, 5.41) is 4.03. The van der Waals surface area contributed by atoms with Crippen molar-refractivity contribution < 1.29 is 18.0 Å². The molecule has 0 aliphatic carbocycles. The average molecular weight is 715 g/mol. The van der Waals surface area contributed by atoms with Gasteiger partial charge >= 0.3 is 0 Å². The second-order valence-electron chi connectivity index (χ2n) is 11.3. The van der Waals surface area contributed by atoms with Gasteiger partial charge in [0, 0.05) is 40.1 Å². The summed E-state index contributed by atoms with van der Waals surface area (Å²) in [6.45, 7) is 5.29. The van der Waals surface area contributed by atoms with Gasteiger partial charge in [0.15, 0.2) is 0 Å². The number of halogens is 3. The molecule has 0 unspecified atom stereocenters. The Morgan fingerprint density at radius 1 is 0.851 bits per heavy atom. The number of hydrogen-bond acceptors (Lipinski definition) is 4. The molecular weight excluding hydrogens is 677 g/mol. The first-order valence-corrected chi connectivity index (χ1v) is 17.9. The molecule has 0 heterocycles. The minimum absolute atomic E-state index is 0.0177. The van der Waals surface area contributed by atoms with Gasteiger partial charge in [0.05, 0.1) is 10.6 Å². The van der Waals surface area contributed by atoms with Gasteiger partial charge in [0.1, 0.15) is 12.6 Å². The van der Waals surface area contributed by atoms with Crippen LogP contribution in [0.25, 0.3) is 0 Å². The Hall–Kier alpha value is -3.56. The second kappa shape index (κ2) is 16.5. The first kappa shape index (κ1) is 36.3. The van der Waals surface area contributed by atoms with Crippen LogP contribution in [0.1, 0.15) is 42.0 Å². The fraction of sp³-hybridized carbons (Fsp3) is 0.278. The molecule has 0 bridgehead atoms. The zero-order chi connectivity index (χ0) is 34.1. The highest BCUT2D eigenvalue weighted by Gasteiger charge is 2.35. The van der Waals surface area contributed by atoms with Gasteiger partial charge in [-0.15, -0.1) is 0 Å². The van der Waals surface area contributed by atoms with Crippen molar-refractivity contribution in [3.05, 3.63) is 128 Å². The number of aryl methyl sites for hydroxylation is 2. The summed E-state index contributed by atoms with van der Waals surface area (Å²) in [5.74, 6) is -0.980. The summed E-state index contributed by atoms with van der Waals surface area (Å²) in [7, 11) is -4.26. The van der Waals surface area contributed by atoms with Crippen LogP contribution in [0.5, 0.6) is 0 Å². The summed E-state index contributed by atoms with van der Waals surface area (Å²) >= 11 is 19.4. The Bertz CT molecular complexity index is 1780. The fourth-order valence-electron chi connectivity index (χ4n) is 5.16. The highest BCUT2D eigenvalue weighted by molar-refractivity contribution is 7.92. The summed E-state index contributed by atoms with van der Waals surface area (Å²) in [6, 6.07) is 24.5. The maximum atomic E-state index is 14.7. The predicted octanol–water partition coefficient (Wildman–Crippen LogP) is 8.02. The van der Waals surface area contributed by atoms with Crippen LogP contribution in [-0.4, -0.2) is 44.3 Å². The maximum Gasteiger partial charge on any atom is 0.264 e. The molecule has 0 radical (unpaired) electrons. The molecule has 0 fully saturated rings. The van der Waals surface area contributed by atoms with E-state index in [0.717, 1.165) is 28.3 Å². The van der Waals surface area contributed by atoms with E-state index in [-0.39, 0.29) is 29.5 Å². The van der Waals surface area contributed by atoms with Crippen molar-refractivity contribution in [1.29, 1.82) is 0 Å². The van der Waals surface area contributed by atoms with E-state index >= 15 is 0 Å². The number of sulfonamides is 1. The number of nitrogens with zero attached hydrogens (tertiary/aromatic N) is 2. The van der Waals surface area contributed by atoms with Crippen molar-refractivity contribution in [2.45, 2.75) is 57.5 Å². The molecule has 1 atom stereocenters. The van der Waals surface area contributed by atoms with Gasteiger partial charge in [-0.3, -0.25) is 13.9 Å². The van der Waals surface area contributed by atoms with Gasteiger partial charge in [-0.1, -0.05) is 102 Å². The first-order chi connectivity index (χ1) is 22.4. The van der Waals surface area contributed by atoms with E-state index in [1.807, 2.05) is 44.2 Å². The number of rotatable bonds is 14. The summed E-state index contributed by atoms with van der Waals surface area (Å²) < 4.78 is 29.6. The zero-order valence-corrected chi connectivity index (χ0v) is 29.6. The molecular formula is C36H38Cl3N3O4S. The lowest BCUT2D eigenvalue weighted by molar-refractivity contribution is -0.140. The van der Waals surface area contributed by atoms with Crippen LogP contribution in [0, 0.1) is 13.8 Å². The zero-order valence-electron chi connectivity index (χ0n) is 26.5. The van der Waals surface area contributed by atoms with Gasteiger partial charge in [-0.05, 0) is 73.9 Å². The smallest absolute Gasteiger partial charge is 0.264 e. The standard InChI is InChI=1S/C36H38Cl3N3O4S/c1-4-5-20-40-36(44)34(22-27-10-7-6-8-11-27)41(23-30-31(38)12-9-13-32(30)39)35(43)24-42(33-19-16-28(37)21-26(33)3)47(45,46)29-17-14-25(2)15-18-29/h6-19,21,34H,4-5,20,22-24H2,1-3H3,(H,40,44)/t34-/m1/s1. The van der Waals surface area contributed by atoms with Crippen LogP contribution >= 0.6 is 34.8 Å². The third kappa shape index (κ3) is 9.29. The largest absolute Gasteiger partial charge is 0.354 e. The van der Waals surface area contributed by atoms with Gasteiger partial charge in [0.2, 0.25) is 11.8 Å². The van der Waals surface area contributed by atoms with E-state index in [4.69, 9.17) is 34.8 Å². The van der Waals surface area contributed by atoms with Crippen LogP contribution in [0.2, 0.25) is 15.1 Å². The molecule has 11 heteroatoms. The second-order valence-corrected chi connectivity index (χ2v) is 14.4. The van der Waals surface area contributed by atoms with E-state index in [2.05, 4.69) is 5.32 Å². The Morgan fingerprint density at radius 2 is 1.51 bits per heavy atom. The van der Waals surface area contributed by atoms with Gasteiger partial charge in [0.25, 0.3) is 10.0 Å². The molecule has 0 aliphatic rings. The van der Waals surface area contributed by atoms with Crippen molar-refractivity contribution in [3.8, 4) is 0 Å². The van der Waals surface area contributed by atoms with Gasteiger partial charge < -0.3 is 10.2 Å². The molecule has 7 nitrogen and oxygen atoms in total. The number of benzene rings is 4. The molecule has 2 amide bonds. The molecule has 4 rings (SSSR count). The number of hydrogen-bond donors (Lipinski definition) is 1. The quantitative estimate of drug-likeness (QED) is 0.134. The Morgan fingerprint density at radius 3 is 2.13 bits per heavy atom. The van der Waals surface area contributed by atoms with Gasteiger partial charge in [-0.2, -0.15) is 0 Å². The molecule has 0 saturated heterocycles. The van der Waals surface area contributed by atoms with Crippen molar-refractivity contribution in [2.24, 2.45) is 0 Å². The summed E-state index contributed by atoms with van der Waals surface area (Å²) in [4.78, 5) is 30.0. The molecule has 248 valence electrons. The summed E-state index contributed by atoms with van der Waals surface area (Å²) in [6.07, 6.45) is 1.80. The third-order valence-electron chi connectivity index (χ3n) is 7.81. The lowest BCUT2D eigenvalue weighted by Gasteiger charge is -2.34.